The molecule has 3 aromatic rings. The first-order chi connectivity index (χ1) is 11.1. The summed E-state index contributed by atoms with van der Waals surface area (Å²) in [5.74, 6) is 0.127. The Bertz CT molecular complexity index is 819. The topological polar surface area (TPSA) is 49.8 Å². The van der Waals surface area contributed by atoms with Gasteiger partial charge in [0.25, 0.3) is 0 Å². The van der Waals surface area contributed by atoms with Crippen LogP contribution in [0, 0.1) is 18.6 Å². The largest absolute Gasteiger partial charge is 0.338 e. The standard InChI is InChI=1S/C17H14F2N4/c1-11-10-16(22-15-5-3-2-4-14(15)19)23-17(20-11)21-13-8-6-12(18)7-9-13/h2-10H,1H3,(H2,20,21,22,23). The van der Waals surface area contributed by atoms with Gasteiger partial charge >= 0.3 is 0 Å². The van der Waals surface area contributed by atoms with Gasteiger partial charge in [0.2, 0.25) is 5.95 Å². The van der Waals surface area contributed by atoms with Crippen LogP contribution in [0.25, 0.3) is 0 Å². The number of nitrogens with zero attached hydrogens (tertiary/aromatic N) is 2. The number of rotatable bonds is 4. The highest BCUT2D eigenvalue weighted by molar-refractivity contribution is 5.60. The summed E-state index contributed by atoms with van der Waals surface area (Å²) in [4.78, 5) is 8.56. The molecule has 0 saturated carbocycles. The van der Waals surface area contributed by atoms with Crippen molar-refractivity contribution in [3.05, 3.63) is 71.9 Å². The maximum Gasteiger partial charge on any atom is 0.229 e. The Balaban J connectivity index is 1.84. The van der Waals surface area contributed by atoms with Crippen LogP contribution in [0.1, 0.15) is 5.69 Å². The number of benzene rings is 2. The number of halogens is 2. The van der Waals surface area contributed by atoms with Crippen molar-refractivity contribution in [2.75, 3.05) is 10.6 Å². The second kappa shape index (κ2) is 6.39. The summed E-state index contributed by atoms with van der Waals surface area (Å²) in [7, 11) is 0. The zero-order valence-electron chi connectivity index (χ0n) is 12.3. The average molecular weight is 312 g/mol. The SMILES string of the molecule is Cc1cc(Nc2ccccc2F)nc(Nc2ccc(F)cc2)n1. The lowest BCUT2D eigenvalue weighted by Gasteiger charge is -2.10. The molecule has 2 N–H and O–H groups in total. The van der Waals surface area contributed by atoms with Crippen LogP contribution in [0.2, 0.25) is 0 Å². The molecule has 0 bridgehead atoms. The summed E-state index contributed by atoms with van der Waals surface area (Å²) >= 11 is 0. The minimum atomic E-state index is -0.364. The second-order valence-corrected chi connectivity index (χ2v) is 4.95. The van der Waals surface area contributed by atoms with E-state index in [1.165, 1.54) is 18.2 Å². The van der Waals surface area contributed by atoms with E-state index in [9.17, 15) is 8.78 Å². The van der Waals surface area contributed by atoms with Gasteiger partial charge in [0, 0.05) is 17.4 Å². The lowest BCUT2D eigenvalue weighted by molar-refractivity contribution is 0.628. The molecule has 2 aromatic carbocycles. The van der Waals surface area contributed by atoms with Crippen LogP contribution in [0.15, 0.2) is 54.6 Å². The lowest BCUT2D eigenvalue weighted by atomic mass is 10.3. The van der Waals surface area contributed by atoms with Gasteiger partial charge in [-0.1, -0.05) is 12.1 Å². The maximum atomic E-state index is 13.7. The molecule has 0 aliphatic heterocycles. The number of aryl methyl sites for hydroxylation is 1. The van der Waals surface area contributed by atoms with Gasteiger partial charge in [-0.2, -0.15) is 4.98 Å². The Morgan fingerprint density at radius 2 is 1.61 bits per heavy atom. The molecule has 6 heteroatoms. The van der Waals surface area contributed by atoms with Crippen molar-refractivity contribution in [2.24, 2.45) is 0 Å². The van der Waals surface area contributed by atoms with Gasteiger partial charge < -0.3 is 10.6 Å². The van der Waals surface area contributed by atoms with Gasteiger partial charge in [0.05, 0.1) is 5.69 Å². The van der Waals surface area contributed by atoms with Crippen LogP contribution >= 0.6 is 0 Å². The number of hydrogen-bond acceptors (Lipinski definition) is 4. The first kappa shape index (κ1) is 14.9. The Morgan fingerprint density at radius 3 is 2.35 bits per heavy atom. The van der Waals surface area contributed by atoms with Gasteiger partial charge in [0.15, 0.2) is 0 Å². The van der Waals surface area contributed by atoms with E-state index >= 15 is 0 Å². The van der Waals surface area contributed by atoms with E-state index in [0.717, 1.165) is 0 Å². The molecule has 0 radical (unpaired) electrons. The predicted octanol–water partition coefficient (Wildman–Crippen LogP) is 4.55. The minimum Gasteiger partial charge on any atom is -0.338 e. The molecule has 0 unspecified atom stereocenters. The zero-order chi connectivity index (χ0) is 16.2. The number of anilines is 4. The molecule has 0 spiro atoms. The maximum absolute atomic E-state index is 13.7. The molecule has 4 nitrogen and oxygen atoms in total. The van der Waals surface area contributed by atoms with Crippen LogP contribution in [0.5, 0.6) is 0 Å². The average Bonchev–Trinajstić information content (AvgIpc) is 2.51. The summed E-state index contributed by atoms with van der Waals surface area (Å²) in [6, 6.07) is 13.9. The van der Waals surface area contributed by atoms with Crippen molar-refractivity contribution in [1.82, 2.24) is 9.97 Å². The van der Waals surface area contributed by atoms with E-state index in [0.29, 0.717) is 28.8 Å². The molecular formula is C17H14F2N4. The van der Waals surface area contributed by atoms with Gasteiger partial charge in [-0.25, -0.2) is 13.8 Å². The third kappa shape index (κ3) is 3.79. The van der Waals surface area contributed by atoms with Crippen LogP contribution < -0.4 is 10.6 Å². The van der Waals surface area contributed by atoms with Crippen molar-refractivity contribution in [2.45, 2.75) is 6.92 Å². The number of para-hydroxylation sites is 1. The minimum absolute atomic E-state index is 0.317. The monoisotopic (exact) mass is 312 g/mol. The third-order valence-electron chi connectivity index (χ3n) is 3.09. The molecule has 0 saturated heterocycles. The number of aromatic nitrogens is 2. The fraction of sp³-hybridized carbons (Fsp3) is 0.0588. The highest BCUT2D eigenvalue weighted by atomic mass is 19.1. The Morgan fingerprint density at radius 1 is 0.870 bits per heavy atom. The summed E-state index contributed by atoms with van der Waals surface area (Å²) < 4.78 is 26.6. The lowest BCUT2D eigenvalue weighted by Crippen LogP contribution is -2.03. The Hall–Kier alpha value is -3.02. The Labute approximate surface area is 132 Å². The smallest absolute Gasteiger partial charge is 0.229 e. The number of nitrogens with one attached hydrogen (secondary N) is 2. The molecule has 116 valence electrons. The van der Waals surface area contributed by atoms with Gasteiger partial charge in [-0.3, -0.25) is 0 Å². The Kier molecular flexibility index (Phi) is 4.14. The summed E-state index contributed by atoms with van der Waals surface area (Å²) in [6.07, 6.45) is 0. The highest BCUT2D eigenvalue weighted by Crippen LogP contribution is 2.21. The van der Waals surface area contributed by atoms with Crippen molar-refractivity contribution < 1.29 is 8.78 Å². The quantitative estimate of drug-likeness (QED) is 0.742. The van der Waals surface area contributed by atoms with Gasteiger partial charge in [0.1, 0.15) is 17.5 Å². The molecule has 1 aromatic heterocycles. The first-order valence-corrected chi connectivity index (χ1v) is 7.00. The van der Waals surface area contributed by atoms with E-state index in [1.54, 1.807) is 36.4 Å². The molecular weight excluding hydrogens is 298 g/mol. The van der Waals surface area contributed by atoms with E-state index in [1.807, 2.05) is 6.92 Å². The number of hydrogen-bond donors (Lipinski definition) is 2. The predicted molar refractivity (Wildman–Crippen MR) is 86.1 cm³/mol. The van der Waals surface area contributed by atoms with Crippen molar-refractivity contribution >= 4 is 23.1 Å². The molecule has 0 amide bonds. The van der Waals surface area contributed by atoms with Gasteiger partial charge in [-0.15, -0.1) is 0 Å². The van der Waals surface area contributed by atoms with Crippen molar-refractivity contribution in [3.63, 3.8) is 0 Å². The molecule has 1 heterocycles. The highest BCUT2D eigenvalue weighted by Gasteiger charge is 2.06. The molecule has 0 atom stereocenters. The van der Waals surface area contributed by atoms with E-state index < -0.39 is 0 Å². The van der Waals surface area contributed by atoms with Crippen LogP contribution in [0.4, 0.5) is 31.9 Å². The summed E-state index contributed by atoms with van der Waals surface area (Å²) in [5, 5.41) is 5.91. The fourth-order valence-corrected chi connectivity index (χ4v) is 2.05. The van der Waals surface area contributed by atoms with E-state index in [2.05, 4.69) is 20.6 Å². The first-order valence-electron chi connectivity index (χ1n) is 7.00. The van der Waals surface area contributed by atoms with Gasteiger partial charge in [-0.05, 0) is 43.3 Å². The molecule has 0 aliphatic rings. The zero-order valence-corrected chi connectivity index (χ0v) is 12.3. The molecule has 3 rings (SSSR count). The van der Waals surface area contributed by atoms with Crippen LogP contribution in [-0.4, -0.2) is 9.97 Å². The normalized spacial score (nSPS) is 10.4. The van der Waals surface area contributed by atoms with Crippen molar-refractivity contribution in [1.29, 1.82) is 0 Å². The van der Waals surface area contributed by atoms with E-state index in [-0.39, 0.29) is 11.6 Å². The second-order valence-electron chi connectivity index (χ2n) is 4.95. The molecule has 0 aliphatic carbocycles. The van der Waals surface area contributed by atoms with Crippen LogP contribution in [-0.2, 0) is 0 Å². The van der Waals surface area contributed by atoms with Crippen molar-refractivity contribution in [3.8, 4) is 0 Å². The molecule has 23 heavy (non-hydrogen) atoms. The summed E-state index contributed by atoms with van der Waals surface area (Å²) in [5.41, 5.74) is 1.70. The fourth-order valence-electron chi connectivity index (χ4n) is 2.05. The third-order valence-corrected chi connectivity index (χ3v) is 3.09. The molecule has 0 fully saturated rings. The van der Waals surface area contributed by atoms with Crippen LogP contribution in [0.3, 0.4) is 0 Å². The van der Waals surface area contributed by atoms with E-state index in [4.69, 9.17) is 0 Å². The summed E-state index contributed by atoms with van der Waals surface area (Å²) in [6.45, 7) is 1.81.